The molecule has 3 aliphatic rings. The summed E-state index contributed by atoms with van der Waals surface area (Å²) in [5.41, 5.74) is 2.53. The van der Waals surface area contributed by atoms with Crippen molar-refractivity contribution in [2.24, 2.45) is 0 Å². The maximum atomic E-state index is 3.45. The summed E-state index contributed by atoms with van der Waals surface area (Å²) in [5, 5.41) is 3.45. The molecule has 0 bridgehead atoms. The van der Waals surface area contributed by atoms with Crippen molar-refractivity contribution in [2.45, 2.75) is 0 Å². The second-order valence-electron chi connectivity index (χ2n) is 3.38. The Morgan fingerprint density at radius 2 is 1.40 bits per heavy atom. The van der Waals surface area contributed by atoms with Crippen LogP contribution in [0.2, 0.25) is 0 Å². The van der Waals surface area contributed by atoms with E-state index in [1.54, 1.807) is 0 Å². The van der Waals surface area contributed by atoms with Crippen molar-refractivity contribution in [1.29, 1.82) is 0 Å². The van der Waals surface area contributed by atoms with E-state index in [0.717, 1.165) is 5.82 Å². The Bertz CT molecular complexity index is 404. The molecule has 0 unspecified atom stereocenters. The van der Waals surface area contributed by atoms with Crippen LogP contribution in [0.25, 0.3) is 0 Å². The fraction of sp³-hybridized carbons (Fsp3) is 0. The van der Waals surface area contributed by atoms with Crippen molar-refractivity contribution >= 4 is 15.2 Å². The zero-order valence-corrected chi connectivity index (χ0v) is 9.74. The molecule has 3 heteroatoms. The van der Waals surface area contributed by atoms with Crippen LogP contribution >= 0.6 is 0 Å². The summed E-state index contributed by atoms with van der Waals surface area (Å²) in [6.07, 6.45) is 16.7. The molecule has 2 aliphatic carbocycles. The number of nitrogens with one attached hydrogen (secondary N) is 2. The minimum atomic E-state index is 0.320. The summed E-state index contributed by atoms with van der Waals surface area (Å²) < 4.78 is 4.74. The Balaban J connectivity index is 1.90. The van der Waals surface area contributed by atoms with E-state index >= 15 is 0 Å². The van der Waals surface area contributed by atoms with Gasteiger partial charge in [0.25, 0.3) is 0 Å². The molecule has 0 saturated carbocycles. The summed E-state index contributed by atoms with van der Waals surface area (Å²) in [6.45, 7) is 0. The van der Waals surface area contributed by atoms with Crippen LogP contribution in [-0.2, 0) is 0 Å². The van der Waals surface area contributed by atoms with Gasteiger partial charge in [0.05, 0.1) is 0 Å². The molecule has 2 N–H and O–H groups in total. The molecule has 0 spiro atoms. The van der Waals surface area contributed by atoms with Gasteiger partial charge < -0.3 is 0 Å². The molecule has 2 nitrogen and oxygen atoms in total. The second kappa shape index (κ2) is 3.61. The van der Waals surface area contributed by atoms with E-state index in [0.29, 0.717) is 15.2 Å². The molecule has 0 aromatic heterocycles. The third kappa shape index (κ3) is 1.60. The Hall–Kier alpha value is -1.44. The molecule has 74 valence electrons. The third-order valence-corrected chi connectivity index (χ3v) is 4.15. The summed E-state index contributed by atoms with van der Waals surface area (Å²) in [6, 6.07) is 0. The van der Waals surface area contributed by atoms with Crippen LogP contribution in [-0.4, -0.2) is 15.2 Å². The first kappa shape index (κ1) is 8.83. The van der Waals surface area contributed by atoms with E-state index in [2.05, 4.69) is 58.3 Å². The van der Waals surface area contributed by atoms with Crippen molar-refractivity contribution in [3.63, 3.8) is 0 Å². The molecular formula is C12H10N2Se. The van der Waals surface area contributed by atoms with E-state index in [1.807, 2.05) is 0 Å². The average molecular weight is 261 g/mol. The summed E-state index contributed by atoms with van der Waals surface area (Å²) >= 11 is 0.320. The van der Waals surface area contributed by atoms with Gasteiger partial charge >= 0.3 is 95.0 Å². The molecule has 0 aromatic rings. The molecule has 15 heavy (non-hydrogen) atoms. The van der Waals surface area contributed by atoms with Crippen LogP contribution in [0.5, 0.6) is 0 Å². The number of allylic oxidation sites excluding steroid dienone is 10. The Morgan fingerprint density at radius 3 is 2.07 bits per heavy atom. The zero-order chi connectivity index (χ0) is 10.1. The number of rotatable bonds is 0. The normalized spacial score (nSPS) is 21.9. The Labute approximate surface area is 95.2 Å². The van der Waals surface area contributed by atoms with Crippen LogP contribution < -0.4 is 9.65 Å². The first-order valence-corrected chi connectivity index (χ1v) is 6.53. The maximum absolute atomic E-state index is 3.45. The topological polar surface area (TPSA) is 24.1 Å². The van der Waals surface area contributed by atoms with Crippen LogP contribution in [0, 0.1) is 0 Å². The van der Waals surface area contributed by atoms with Crippen molar-refractivity contribution < 1.29 is 0 Å². The van der Waals surface area contributed by atoms with Gasteiger partial charge in [0.2, 0.25) is 0 Å². The van der Waals surface area contributed by atoms with Gasteiger partial charge in [0.1, 0.15) is 0 Å². The fourth-order valence-electron chi connectivity index (χ4n) is 1.59. The molecule has 0 atom stereocenters. The SMILES string of the molecule is C1=CC(=C2N[Se]C(=C3C=CC=C3)N2)C=C1. The Kier molecular flexibility index (Phi) is 2.13. The van der Waals surface area contributed by atoms with Crippen LogP contribution in [0.3, 0.4) is 0 Å². The van der Waals surface area contributed by atoms with E-state index in [-0.39, 0.29) is 0 Å². The van der Waals surface area contributed by atoms with Gasteiger partial charge in [-0.15, -0.1) is 0 Å². The van der Waals surface area contributed by atoms with Gasteiger partial charge in [0.15, 0.2) is 0 Å². The van der Waals surface area contributed by atoms with Crippen LogP contribution in [0.15, 0.2) is 70.2 Å². The van der Waals surface area contributed by atoms with Gasteiger partial charge in [-0.2, -0.15) is 0 Å². The molecular weight excluding hydrogens is 251 g/mol. The average Bonchev–Trinajstić information content (AvgIpc) is 3.02. The molecule has 0 amide bonds. The number of hydrogen-bond donors (Lipinski definition) is 2. The van der Waals surface area contributed by atoms with E-state index in [9.17, 15) is 0 Å². The van der Waals surface area contributed by atoms with Gasteiger partial charge in [-0.05, 0) is 0 Å². The molecule has 1 heterocycles. The van der Waals surface area contributed by atoms with E-state index in [1.165, 1.54) is 15.7 Å². The third-order valence-electron chi connectivity index (χ3n) is 2.37. The van der Waals surface area contributed by atoms with Gasteiger partial charge in [-0.25, -0.2) is 0 Å². The summed E-state index contributed by atoms with van der Waals surface area (Å²) in [5.74, 6) is 1.14. The van der Waals surface area contributed by atoms with E-state index < -0.39 is 0 Å². The minimum absolute atomic E-state index is 0.320. The second-order valence-corrected chi connectivity index (χ2v) is 5.09. The summed E-state index contributed by atoms with van der Waals surface area (Å²) in [7, 11) is 0. The predicted molar refractivity (Wildman–Crippen MR) is 62.6 cm³/mol. The standard InChI is InChI=1S/C12H10N2Se/c1-2-6-9(5-1)11-13-12(15-14-11)10-7-3-4-8-10/h1-8,13-14H. The van der Waals surface area contributed by atoms with Gasteiger partial charge in [-0.3, -0.25) is 0 Å². The van der Waals surface area contributed by atoms with Crippen molar-refractivity contribution in [2.75, 3.05) is 0 Å². The first-order valence-electron chi connectivity index (χ1n) is 4.81. The molecule has 0 radical (unpaired) electrons. The number of hydrogen-bond acceptors (Lipinski definition) is 2. The Morgan fingerprint density at radius 1 is 0.800 bits per heavy atom. The zero-order valence-electron chi connectivity index (χ0n) is 8.03. The van der Waals surface area contributed by atoms with E-state index in [4.69, 9.17) is 0 Å². The monoisotopic (exact) mass is 262 g/mol. The quantitative estimate of drug-likeness (QED) is 0.645. The summed E-state index contributed by atoms with van der Waals surface area (Å²) in [4.78, 5) is 0. The van der Waals surface area contributed by atoms with Crippen molar-refractivity contribution in [1.82, 2.24) is 9.65 Å². The molecule has 0 aromatic carbocycles. The van der Waals surface area contributed by atoms with Crippen LogP contribution in [0.1, 0.15) is 0 Å². The van der Waals surface area contributed by atoms with Gasteiger partial charge in [0, 0.05) is 0 Å². The fourth-order valence-corrected chi connectivity index (χ4v) is 3.23. The van der Waals surface area contributed by atoms with Crippen LogP contribution in [0.4, 0.5) is 0 Å². The van der Waals surface area contributed by atoms with Gasteiger partial charge in [-0.1, -0.05) is 0 Å². The van der Waals surface area contributed by atoms with Crippen molar-refractivity contribution in [3.05, 3.63) is 70.2 Å². The molecule has 1 fully saturated rings. The predicted octanol–water partition coefficient (Wildman–Crippen LogP) is 1.47. The first-order chi connectivity index (χ1) is 7.43. The molecule has 1 saturated heterocycles. The van der Waals surface area contributed by atoms with Crippen molar-refractivity contribution in [3.8, 4) is 0 Å². The molecule has 1 aliphatic heterocycles. The molecule has 3 rings (SSSR count).